The van der Waals surface area contributed by atoms with Gasteiger partial charge in [0.1, 0.15) is 5.01 Å². The quantitative estimate of drug-likeness (QED) is 0.889. The molecule has 1 aliphatic carbocycles. The summed E-state index contributed by atoms with van der Waals surface area (Å²) in [4.78, 5) is 31.1. The van der Waals surface area contributed by atoms with Crippen LogP contribution in [-0.2, 0) is 15.0 Å². The molecule has 1 aromatic rings. The minimum absolute atomic E-state index is 0.0136. The predicted octanol–water partition coefficient (Wildman–Crippen LogP) is 2.88. The summed E-state index contributed by atoms with van der Waals surface area (Å²) in [6.07, 6.45) is 2.78. The molecule has 6 heteroatoms. The second-order valence-corrected chi connectivity index (χ2v) is 9.08. The summed E-state index contributed by atoms with van der Waals surface area (Å²) < 4.78 is 0. The third-order valence-corrected chi connectivity index (χ3v) is 5.81. The van der Waals surface area contributed by atoms with Crippen LogP contribution in [0.5, 0.6) is 0 Å². The van der Waals surface area contributed by atoms with Gasteiger partial charge in [-0.25, -0.2) is 4.98 Å². The van der Waals surface area contributed by atoms with Crippen molar-refractivity contribution in [2.45, 2.75) is 58.4 Å². The number of hydrogen-bond acceptors (Lipinski definition) is 4. The van der Waals surface area contributed by atoms with Gasteiger partial charge in [0.05, 0.1) is 17.7 Å². The Hall–Kier alpha value is -1.43. The van der Waals surface area contributed by atoms with Crippen molar-refractivity contribution in [3.8, 4) is 0 Å². The van der Waals surface area contributed by atoms with Gasteiger partial charge in [-0.05, 0) is 25.7 Å². The third-order valence-electron chi connectivity index (χ3n) is 4.78. The van der Waals surface area contributed by atoms with Crippen molar-refractivity contribution in [2.75, 3.05) is 13.1 Å². The van der Waals surface area contributed by atoms with Crippen LogP contribution in [0.15, 0.2) is 5.38 Å². The predicted molar refractivity (Wildman–Crippen MR) is 94.8 cm³/mol. The molecule has 3 rings (SSSR count). The first-order valence-corrected chi connectivity index (χ1v) is 9.66. The molecule has 0 spiro atoms. The maximum Gasteiger partial charge on any atom is 0.225 e. The topological polar surface area (TPSA) is 62.3 Å². The van der Waals surface area contributed by atoms with Crippen molar-refractivity contribution in [1.29, 1.82) is 0 Å². The van der Waals surface area contributed by atoms with Crippen molar-refractivity contribution >= 4 is 23.2 Å². The van der Waals surface area contributed by atoms with Gasteiger partial charge in [0.25, 0.3) is 0 Å². The van der Waals surface area contributed by atoms with E-state index in [1.165, 1.54) is 12.8 Å². The largest absolute Gasteiger partial charge is 0.347 e. The molecule has 0 unspecified atom stereocenters. The molecule has 5 nitrogen and oxygen atoms in total. The lowest BCUT2D eigenvalue weighted by atomic mass is 9.93. The molecule has 2 fully saturated rings. The molecule has 1 saturated carbocycles. The van der Waals surface area contributed by atoms with Gasteiger partial charge in [-0.3, -0.25) is 9.59 Å². The molecule has 0 bridgehead atoms. The Bertz CT molecular complexity index is 630. The van der Waals surface area contributed by atoms with Crippen LogP contribution >= 0.6 is 11.3 Å². The maximum atomic E-state index is 12.5. The van der Waals surface area contributed by atoms with E-state index in [-0.39, 0.29) is 29.2 Å². The first kappa shape index (κ1) is 17.4. The third kappa shape index (κ3) is 3.97. The number of aromatic nitrogens is 1. The second kappa shape index (κ2) is 6.47. The smallest absolute Gasteiger partial charge is 0.225 e. The van der Waals surface area contributed by atoms with Crippen molar-refractivity contribution in [2.24, 2.45) is 11.8 Å². The average molecular weight is 350 g/mol. The summed E-state index contributed by atoms with van der Waals surface area (Å²) in [5, 5.41) is 6.03. The molecule has 2 amide bonds. The maximum absolute atomic E-state index is 12.5. The van der Waals surface area contributed by atoms with Gasteiger partial charge in [0, 0.05) is 30.3 Å². The molecule has 0 aromatic carbocycles. The minimum Gasteiger partial charge on any atom is -0.347 e. The number of carbonyl (C=O) groups is 2. The van der Waals surface area contributed by atoms with E-state index in [1.54, 1.807) is 11.3 Å². The fraction of sp³-hybridized carbons (Fsp3) is 0.722. The zero-order chi connectivity index (χ0) is 17.5. The monoisotopic (exact) mass is 349 g/mol. The van der Waals surface area contributed by atoms with Crippen LogP contribution in [0.2, 0.25) is 0 Å². The van der Waals surface area contributed by atoms with Crippen LogP contribution in [0, 0.1) is 11.8 Å². The molecule has 2 aliphatic rings. The number of carbonyl (C=O) groups excluding carboxylic acids is 2. The van der Waals surface area contributed by atoms with Crippen molar-refractivity contribution < 1.29 is 9.59 Å². The zero-order valence-electron chi connectivity index (χ0n) is 15.0. The van der Waals surface area contributed by atoms with Gasteiger partial charge in [-0.1, -0.05) is 20.8 Å². The van der Waals surface area contributed by atoms with E-state index in [0.717, 1.165) is 17.2 Å². The molecule has 1 saturated heterocycles. The highest BCUT2D eigenvalue weighted by Crippen LogP contribution is 2.32. The lowest BCUT2D eigenvalue weighted by Gasteiger charge is -2.18. The summed E-state index contributed by atoms with van der Waals surface area (Å²) in [6, 6.07) is -0.119. The van der Waals surface area contributed by atoms with Crippen LogP contribution in [0.3, 0.4) is 0 Å². The summed E-state index contributed by atoms with van der Waals surface area (Å²) >= 11 is 1.58. The van der Waals surface area contributed by atoms with Gasteiger partial charge in [0.2, 0.25) is 11.8 Å². The highest BCUT2D eigenvalue weighted by molar-refractivity contribution is 7.09. The van der Waals surface area contributed by atoms with Crippen LogP contribution in [0.4, 0.5) is 0 Å². The molecular formula is C18H27N3O2S. The average Bonchev–Trinajstić information content (AvgIpc) is 3.01. The first-order chi connectivity index (χ1) is 11.2. The molecule has 1 N–H and O–H groups in total. The Balaban J connectivity index is 1.56. The molecule has 132 valence electrons. The van der Waals surface area contributed by atoms with E-state index >= 15 is 0 Å². The highest BCUT2D eigenvalue weighted by Gasteiger charge is 2.37. The summed E-state index contributed by atoms with van der Waals surface area (Å²) in [5.41, 5.74) is 1.06. The molecule has 1 aliphatic heterocycles. The van der Waals surface area contributed by atoms with Gasteiger partial charge >= 0.3 is 0 Å². The van der Waals surface area contributed by atoms with Crippen molar-refractivity contribution in [3.05, 3.63) is 16.1 Å². The van der Waals surface area contributed by atoms with E-state index in [4.69, 9.17) is 0 Å². The Morgan fingerprint density at radius 1 is 1.46 bits per heavy atom. The van der Waals surface area contributed by atoms with E-state index < -0.39 is 0 Å². The SMILES string of the molecule is C[C@@H](NC(=O)[C@@H]1CC(=O)N(CC2CC2)C1)c1nc(C(C)(C)C)cs1. The summed E-state index contributed by atoms with van der Waals surface area (Å²) in [6.45, 7) is 9.76. The normalized spacial score (nSPS) is 22.8. The van der Waals surface area contributed by atoms with Gasteiger partial charge in [0.15, 0.2) is 0 Å². The van der Waals surface area contributed by atoms with Crippen molar-refractivity contribution in [3.63, 3.8) is 0 Å². The number of likely N-dealkylation sites (tertiary alicyclic amines) is 1. The summed E-state index contributed by atoms with van der Waals surface area (Å²) in [7, 11) is 0. The Labute approximate surface area is 147 Å². The number of amides is 2. The molecule has 2 atom stereocenters. The van der Waals surface area contributed by atoms with Crippen LogP contribution in [-0.4, -0.2) is 34.8 Å². The lowest BCUT2D eigenvalue weighted by molar-refractivity contribution is -0.129. The standard InChI is InChI=1S/C18H27N3O2S/c1-11(17-20-14(10-24-17)18(2,3)4)19-16(23)13-7-15(22)21(9-13)8-12-5-6-12/h10-13H,5-9H2,1-4H3,(H,19,23)/t11-,13-/m1/s1. The number of rotatable bonds is 5. The van der Waals surface area contributed by atoms with E-state index in [0.29, 0.717) is 18.9 Å². The van der Waals surface area contributed by atoms with E-state index in [2.05, 4.69) is 36.5 Å². The molecule has 24 heavy (non-hydrogen) atoms. The molecule has 2 heterocycles. The van der Waals surface area contributed by atoms with Gasteiger partial charge < -0.3 is 10.2 Å². The number of hydrogen-bond donors (Lipinski definition) is 1. The fourth-order valence-corrected chi connectivity index (χ4v) is 4.01. The number of nitrogens with one attached hydrogen (secondary N) is 1. The van der Waals surface area contributed by atoms with Crippen LogP contribution in [0.25, 0.3) is 0 Å². The van der Waals surface area contributed by atoms with Gasteiger partial charge in [-0.2, -0.15) is 0 Å². The second-order valence-electron chi connectivity index (χ2n) is 8.19. The first-order valence-electron chi connectivity index (χ1n) is 8.78. The highest BCUT2D eigenvalue weighted by atomic mass is 32.1. The van der Waals surface area contributed by atoms with Crippen LogP contribution < -0.4 is 5.32 Å². The Morgan fingerprint density at radius 2 is 2.17 bits per heavy atom. The molecule has 1 aromatic heterocycles. The minimum atomic E-state index is -0.222. The fourth-order valence-electron chi connectivity index (χ4n) is 2.96. The molecule has 0 radical (unpaired) electrons. The van der Waals surface area contributed by atoms with Gasteiger partial charge in [-0.15, -0.1) is 11.3 Å². The van der Waals surface area contributed by atoms with Crippen molar-refractivity contribution in [1.82, 2.24) is 15.2 Å². The number of nitrogens with zero attached hydrogens (tertiary/aromatic N) is 2. The molecular weight excluding hydrogens is 322 g/mol. The Kier molecular flexibility index (Phi) is 4.69. The van der Waals surface area contributed by atoms with E-state index in [9.17, 15) is 9.59 Å². The van der Waals surface area contributed by atoms with Crippen LogP contribution in [0.1, 0.15) is 63.7 Å². The lowest BCUT2D eigenvalue weighted by Crippen LogP contribution is -2.35. The summed E-state index contributed by atoms with van der Waals surface area (Å²) in [5.74, 6) is 0.544. The Morgan fingerprint density at radius 3 is 2.75 bits per heavy atom. The number of thiazole rings is 1. The zero-order valence-corrected chi connectivity index (χ0v) is 15.8. The van der Waals surface area contributed by atoms with E-state index in [1.807, 2.05) is 11.8 Å².